The van der Waals surface area contributed by atoms with Crippen LogP contribution >= 0.6 is 15.9 Å². The molecule has 0 bridgehead atoms. The van der Waals surface area contributed by atoms with Gasteiger partial charge >= 0.3 is 17.8 Å². The topological polar surface area (TPSA) is 90.3 Å². The standard InChI is InChI=1S/C10H4BrN3O3/c11-6-3-5(4-12)1-2-7(6)14-9(16)8(15)13-10(14)17/h1-3H,(H,13,15,17). The average Bonchev–Trinajstić information content (AvgIpc) is 2.54. The van der Waals surface area contributed by atoms with Crippen molar-refractivity contribution < 1.29 is 14.4 Å². The lowest BCUT2D eigenvalue weighted by molar-refractivity contribution is -0.134. The van der Waals surface area contributed by atoms with E-state index in [1.165, 1.54) is 18.2 Å². The van der Waals surface area contributed by atoms with E-state index >= 15 is 0 Å². The molecule has 1 N–H and O–H groups in total. The van der Waals surface area contributed by atoms with Crippen molar-refractivity contribution in [1.29, 1.82) is 5.26 Å². The third kappa shape index (κ3) is 1.79. The van der Waals surface area contributed by atoms with Gasteiger partial charge in [-0.3, -0.25) is 14.9 Å². The second-order valence-electron chi connectivity index (χ2n) is 3.18. The summed E-state index contributed by atoms with van der Waals surface area (Å²) in [6.07, 6.45) is 0. The van der Waals surface area contributed by atoms with E-state index in [4.69, 9.17) is 5.26 Å². The van der Waals surface area contributed by atoms with Gasteiger partial charge in [-0.15, -0.1) is 0 Å². The molecule has 0 spiro atoms. The van der Waals surface area contributed by atoms with Gasteiger partial charge in [-0.25, -0.2) is 9.69 Å². The van der Waals surface area contributed by atoms with Crippen LogP contribution in [0.1, 0.15) is 5.56 Å². The van der Waals surface area contributed by atoms with Crippen LogP contribution in [-0.2, 0) is 9.59 Å². The lowest BCUT2D eigenvalue weighted by Gasteiger charge is -2.13. The van der Waals surface area contributed by atoms with Crippen molar-refractivity contribution in [3.8, 4) is 6.07 Å². The fourth-order valence-electron chi connectivity index (χ4n) is 1.38. The number of halogens is 1. The Morgan fingerprint density at radius 3 is 2.47 bits per heavy atom. The average molecular weight is 294 g/mol. The fourth-order valence-corrected chi connectivity index (χ4v) is 1.93. The summed E-state index contributed by atoms with van der Waals surface area (Å²) < 4.78 is 0.384. The second kappa shape index (κ2) is 3.99. The quantitative estimate of drug-likeness (QED) is 0.615. The van der Waals surface area contributed by atoms with Gasteiger partial charge in [0.1, 0.15) is 0 Å². The summed E-state index contributed by atoms with van der Waals surface area (Å²) in [5.41, 5.74) is 0.594. The summed E-state index contributed by atoms with van der Waals surface area (Å²) in [6.45, 7) is 0. The van der Waals surface area contributed by atoms with Crippen molar-refractivity contribution in [3.63, 3.8) is 0 Å². The van der Waals surface area contributed by atoms with Crippen LogP contribution in [0.25, 0.3) is 0 Å². The van der Waals surface area contributed by atoms with E-state index in [0.717, 1.165) is 0 Å². The van der Waals surface area contributed by atoms with Crippen LogP contribution < -0.4 is 10.2 Å². The Morgan fingerprint density at radius 1 is 1.29 bits per heavy atom. The van der Waals surface area contributed by atoms with Gasteiger partial charge in [0.15, 0.2) is 0 Å². The van der Waals surface area contributed by atoms with Crippen LogP contribution in [0.15, 0.2) is 22.7 Å². The molecule has 2 rings (SSSR count). The maximum atomic E-state index is 11.4. The summed E-state index contributed by atoms with van der Waals surface area (Å²) in [4.78, 5) is 34.5. The third-order valence-electron chi connectivity index (χ3n) is 2.14. The molecule has 7 heteroatoms. The number of urea groups is 1. The normalized spacial score (nSPS) is 14.8. The Hall–Kier alpha value is -2.20. The number of benzene rings is 1. The lowest BCUT2D eigenvalue weighted by Crippen LogP contribution is -2.31. The van der Waals surface area contributed by atoms with E-state index in [-0.39, 0.29) is 5.69 Å². The number of hydrogen-bond donors (Lipinski definition) is 1. The van der Waals surface area contributed by atoms with Crippen LogP contribution in [0, 0.1) is 11.3 Å². The SMILES string of the molecule is N#Cc1ccc(N2C(=O)NC(=O)C2=O)c(Br)c1. The molecular formula is C10H4BrN3O3. The predicted molar refractivity (Wildman–Crippen MR) is 59.9 cm³/mol. The number of nitrogens with zero attached hydrogens (tertiary/aromatic N) is 2. The first-order valence-electron chi connectivity index (χ1n) is 4.43. The summed E-state index contributed by atoms with van der Waals surface area (Å²) in [6, 6.07) is 5.44. The van der Waals surface area contributed by atoms with E-state index in [9.17, 15) is 14.4 Å². The first-order valence-corrected chi connectivity index (χ1v) is 5.23. The van der Waals surface area contributed by atoms with Crippen molar-refractivity contribution in [1.82, 2.24) is 5.32 Å². The van der Waals surface area contributed by atoms with Gasteiger partial charge in [0, 0.05) is 4.47 Å². The molecule has 1 aromatic rings. The molecule has 4 amide bonds. The number of amides is 4. The van der Waals surface area contributed by atoms with Gasteiger partial charge in [0.2, 0.25) is 0 Å². The Kier molecular flexibility index (Phi) is 2.65. The molecule has 0 radical (unpaired) electrons. The first-order chi connectivity index (χ1) is 8.04. The van der Waals surface area contributed by atoms with Gasteiger partial charge in [-0.2, -0.15) is 5.26 Å². The van der Waals surface area contributed by atoms with E-state index in [0.29, 0.717) is 14.9 Å². The number of anilines is 1. The van der Waals surface area contributed by atoms with E-state index in [2.05, 4.69) is 15.9 Å². The molecule has 0 saturated carbocycles. The Morgan fingerprint density at radius 2 is 2.00 bits per heavy atom. The van der Waals surface area contributed by atoms with Gasteiger partial charge < -0.3 is 0 Å². The van der Waals surface area contributed by atoms with Gasteiger partial charge in [-0.05, 0) is 34.1 Å². The third-order valence-corrected chi connectivity index (χ3v) is 2.77. The van der Waals surface area contributed by atoms with Gasteiger partial charge in [0.05, 0.1) is 17.3 Å². The number of nitrogens with one attached hydrogen (secondary N) is 1. The second-order valence-corrected chi connectivity index (χ2v) is 4.03. The predicted octanol–water partition coefficient (Wildman–Crippen LogP) is 0.904. The maximum Gasteiger partial charge on any atom is 0.336 e. The monoisotopic (exact) mass is 293 g/mol. The van der Waals surface area contributed by atoms with E-state index < -0.39 is 17.8 Å². The molecule has 1 aliphatic heterocycles. The largest absolute Gasteiger partial charge is 0.336 e. The fraction of sp³-hybridized carbons (Fsp3) is 0. The van der Waals surface area contributed by atoms with Crippen LogP contribution in [0.5, 0.6) is 0 Å². The van der Waals surface area contributed by atoms with Gasteiger partial charge in [0.25, 0.3) is 0 Å². The first kappa shape index (κ1) is 11.3. The van der Waals surface area contributed by atoms with E-state index in [1.54, 1.807) is 0 Å². The van der Waals surface area contributed by atoms with Crippen LogP contribution in [0.3, 0.4) is 0 Å². The number of hydrogen-bond acceptors (Lipinski definition) is 4. The molecule has 0 atom stereocenters. The van der Waals surface area contributed by atoms with Crippen molar-refractivity contribution in [2.45, 2.75) is 0 Å². The molecule has 84 valence electrons. The Balaban J connectivity index is 2.49. The van der Waals surface area contributed by atoms with Crippen LogP contribution in [0.2, 0.25) is 0 Å². The highest BCUT2D eigenvalue weighted by Gasteiger charge is 2.38. The Labute approximate surface area is 104 Å². The highest BCUT2D eigenvalue weighted by atomic mass is 79.9. The molecule has 0 aliphatic carbocycles. The molecule has 1 aromatic carbocycles. The minimum absolute atomic E-state index is 0.220. The minimum atomic E-state index is -0.966. The number of carbonyl (C=O) groups excluding carboxylic acids is 3. The minimum Gasteiger partial charge on any atom is -0.269 e. The van der Waals surface area contributed by atoms with Crippen molar-refractivity contribution in [2.75, 3.05) is 4.90 Å². The highest BCUT2D eigenvalue weighted by molar-refractivity contribution is 9.10. The highest BCUT2D eigenvalue weighted by Crippen LogP contribution is 2.28. The molecule has 17 heavy (non-hydrogen) atoms. The Bertz CT molecular complexity index is 591. The molecule has 1 saturated heterocycles. The molecular weight excluding hydrogens is 290 g/mol. The van der Waals surface area contributed by atoms with Crippen LogP contribution in [-0.4, -0.2) is 17.8 Å². The van der Waals surface area contributed by atoms with Crippen molar-refractivity contribution in [3.05, 3.63) is 28.2 Å². The maximum absolute atomic E-state index is 11.4. The number of imide groups is 2. The lowest BCUT2D eigenvalue weighted by atomic mass is 10.2. The van der Waals surface area contributed by atoms with Crippen molar-refractivity contribution >= 4 is 39.5 Å². The molecule has 1 heterocycles. The molecule has 6 nitrogen and oxygen atoms in total. The molecule has 1 aliphatic rings. The number of carbonyl (C=O) groups is 3. The zero-order chi connectivity index (χ0) is 12.6. The summed E-state index contributed by atoms with van der Waals surface area (Å²) in [5, 5.41) is 10.6. The molecule has 0 unspecified atom stereocenters. The smallest absolute Gasteiger partial charge is 0.269 e. The molecule has 1 fully saturated rings. The van der Waals surface area contributed by atoms with Crippen LogP contribution in [0.4, 0.5) is 10.5 Å². The summed E-state index contributed by atoms with van der Waals surface area (Å²) in [7, 11) is 0. The summed E-state index contributed by atoms with van der Waals surface area (Å²) >= 11 is 3.14. The summed E-state index contributed by atoms with van der Waals surface area (Å²) in [5.74, 6) is -1.91. The van der Waals surface area contributed by atoms with Gasteiger partial charge in [-0.1, -0.05) is 0 Å². The van der Waals surface area contributed by atoms with Crippen molar-refractivity contribution in [2.24, 2.45) is 0 Å². The number of rotatable bonds is 1. The van der Waals surface area contributed by atoms with E-state index in [1.807, 2.05) is 11.4 Å². The molecule has 0 aromatic heterocycles. The zero-order valence-corrected chi connectivity index (χ0v) is 9.82. The zero-order valence-electron chi connectivity index (χ0n) is 8.23. The number of nitriles is 1.